The second kappa shape index (κ2) is 9.74. The van der Waals surface area contributed by atoms with Crippen LogP contribution in [-0.2, 0) is 4.79 Å². The van der Waals surface area contributed by atoms with E-state index in [2.05, 4.69) is 18.2 Å². The van der Waals surface area contributed by atoms with E-state index in [-0.39, 0.29) is 0 Å². The van der Waals surface area contributed by atoms with E-state index in [9.17, 15) is 4.79 Å². The summed E-state index contributed by atoms with van der Waals surface area (Å²) in [4.78, 5) is 10.5. The molecule has 0 heterocycles. The molecular formula is C24H31NO2. The van der Waals surface area contributed by atoms with Crippen molar-refractivity contribution in [2.24, 2.45) is 17.8 Å². The largest absolute Gasteiger partial charge is 0.478 e. The van der Waals surface area contributed by atoms with Crippen LogP contribution in [0.25, 0.3) is 0 Å². The van der Waals surface area contributed by atoms with Gasteiger partial charge in [0.05, 0.1) is 11.6 Å². The third kappa shape index (κ3) is 5.70. The lowest BCUT2D eigenvalue weighted by molar-refractivity contribution is -0.131. The molecule has 3 nitrogen and oxygen atoms in total. The van der Waals surface area contributed by atoms with Crippen molar-refractivity contribution < 1.29 is 9.90 Å². The number of benzene rings is 1. The predicted octanol–water partition coefficient (Wildman–Crippen LogP) is 6.06. The quantitative estimate of drug-likeness (QED) is 0.623. The van der Waals surface area contributed by atoms with E-state index in [1.165, 1.54) is 63.0 Å². The van der Waals surface area contributed by atoms with Gasteiger partial charge in [0, 0.05) is 6.08 Å². The van der Waals surface area contributed by atoms with Crippen LogP contribution in [0.5, 0.6) is 0 Å². The molecule has 1 aromatic carbocycles. The summed E-state index contributed by atoms with van der Waals surface area (Å²) < 4.78 is 0. The van der Waals surface area contributed by atoms with Crippen LogP contribution in [0, 0.1) is 29.1 Å². The summed E-state index contributed by atoms with van der Waals surface area (Å²) in [6.45, 7) is 0. The first-order valence-electron chi connectivity index (χ1n) is 10.5. The Morgan fingerprint density at radius 1 is 1.00 bits per heavy atom. The zero-order valence-corrected chi connectivity index (χ0v) is 16.1. The molecule has 0 atom stereocenters. The van der Waals surface area contributed by atoms with Gasteiger partial charge in [-0.3, -0.25) is 0 Å². The maximum Gasteiger partial charge on any atom is 0.327 e. The van der Waals surface area contributed by atoms with Gasteiger partial charge in [0.2, 0.25) is 0 Å². The number of nitrogens with zero attached hydrogens (tertiary/aromatic N) is 1. The van der Waals surface area contributed by atoms with Gasteiger partial charge in [-0.05, 0) is 92.7 Å². The molecule has 0 bridgehead atoms. The number of aliphatic carboxylic acids is 1. The Morgan fingerprint density at radius 3 is 2.15 bits per heavy atom. The summed E-state index contributed by atoms with van der Waals surface area (Å²) in [6, 6.07) is 10.4. The zero-order chi connectivity index (χ0) is 19.1. The molecule has 2 aliphatic rings. The molecule has 2 aliphatic carbocycles. The average Bonchev–Trinajstić information content (AvgIpc) is 2.72. The first kappa shape index (κ1) is 19.7. The van der Waals surface area contributed by atoms with Crippen LogP contribution in [0.4, 0.5) is 0 Å². The molecule has 0 aromatic heterocycles. The molecule has 2 saturated carbocycles. The van der Waals surface area contributed by atoms with Crippen LogP contribution >= 0.6 is 0 Å². The zero-order valence-electron chi connectivity index (χ0n) is 16.1. The topological polar surface area (TPSA) is 61.1 Å². The van der Waals surface area contributed by atoms with Crippen LogP contribution in [0.15, 0.2) is 36.4 Å². The molecule has 3 rings (SSSR count). The molecule has 0 spiro atoms. The highest BCUT2D eigenvalue weighted by Crippen LogP contribution is 2.44. The highest BCUT2D eigenvalue weighted by Gasteiger charge is 2.31. The molecular weight excluding hydrogens is 334 g/mol. The van der Waals surface area contributed by atoms with Crippen molar-refractivity contribution in [3.05, 3.63) is 47.5 Å². The standard InChI is InChI=1S/C24H31NO2/c25-17-19-7-11-21(12-8-19)23-15-13-22(14-16-23)20-9-5-18(6-10-20)3-1-2-4-24(26)27/h2,4,7-8,11-12,18,20,22-23H,1,3,5-6,9-10,13-16H2,(H,26,27)/b4-2+. The molecule has 0 radical (unpaired) electrons. The fourth-order valence-electron chi connectivity index (χ4n) is 5.22. The molecule has 0 aliphatic heterocycles. The maximum atomic E-state index is 10.5. The Labute approximate surface area is 163 Å². The van der Waals surface area contributed by atoms with Crippen molar-refractivity contribution in [3.8, 4) is 6.07 Å². The number of carbonyl (C=O) groups is 1. The summed E-state index contributed by atoms with van der Waals surface area (Å²) in [5.74, 6) is 2.42. The van der Waals surface area contributed by atoms with Crippen molar-refractivity contribution in [1.82, 2.24) is 0 Å². The van der Waals surface area contributed by atoms with Crippen LogP contribution in [0.1, 0.15) is 81.3 Å². The molecule has 3 heteroatoms. The second-order valence-electron chi connectivity index (χ2n) is 8.44. The average molecular weight is 366 g/mol. The van der Waals surface area contributed by atoms with Crippen molar-refractivity contribution in [2.45, 2.75) is 70.1 Å². The van der Waals surface area contributed by atoms with Crippen molar-refractivity contribution in [1.29, 1.82) is 5.26 Å². The van der Waals surface area contributed by atoms with Gasteiger partial charge in [0.1, 0.15) is 0 Å². The Morgan fingerprint density at radius 2 is 1.59 bits per heavy atom. The van der Waals surface area contributed by atoms with E-state index in [4.69, 9.17) is 10.4 Å². The number of carboxylic acids is 1. The number of hydrogen-bond donors (Lipinski definition) is 1. The minimum Gasteiger partial charge on any atom is -0.478 e. The van der Waals surface area contributed by atoms with Gasteiger partial charge >= 0.3 is 5.97 Å². The summed E-state index contributed by atoms with van der Waals surface area (Å²) in [7, 11) is 0. The van der Waals surface area contributed by atoms with Gasteiger partial charge < -0.3 is 5.11 Å². The number of allylic oxidation sites excluding steroid dienone is 1. The Bertz CT molecular complexity index is 669. The van der Waals surface area contributed by atoms with Crippen molar-refractivity contribution >= 4 is 5.97 Å². The first-order chi connectivity index (χ1) is 13.2. The molecule has 2 fully saturated rings. The normalized spacial score (nSPS) is 28.7. The SMILES string of the molecule is N#Cc1ccc(C2CCC(C3CCC(CC/C=C/C(=O)O)CC3)CC2)cc1. The van der Waals surface area contributed by atoms with E-state index in [1.54, 1.807) is 6.08 Å². The van der Waals surface area contributed by atoms with E-state index in [0.717, 1.165) is 36.2 Å². The molecule has 0 amide bonds. The molecule has 0 unspecified atom stereocenters. The van der Waals surface area contributed by atoms with Crippen LogP contribution in [-0.4, -0.2) is 11.1 Å². The van der Waals surface area contributed by atoms with E-state index in [1.807, 2.05) is 12.1 Å². The number of rotatable bonds is 6. The lowest BCUT2D eigenvalue weighted by Crippen LogP contribution is -2.25. The smallest absolute Gasteiger partial charge is 0.327 e. The summed E-state index contributed by atoms with van der Waals surface area (Å²) >= 11 is 0. The Kier molecular flexibility index (Phi) is 7.10. The molecule has 27 heavy (non-hydrogen) atoms. The third-order valence-electron chi connectivity index (χ3n) is 6.84. The summed E-state index contributed by atoms with van der Waals surface area (Å²) in [6.07, 6.45) is 15.8. The fraction of sp³-hybridized carbons (Fsp3) is 0.583. The lowest BCUT2D eigenvalue weighted by atomic mass is 9.68. The predicted molar refractivity (Wildman–Crippen MR) is 107 cm³/mol. The molecule has 1 aromatic rings. The van der Waals surface area contributed by atoms with Crippen LogP contribution < -0.4 is 0 Å². The van der Waals surface area contributed by atoms with Crippen molar-refractivity contribution in [3.63, 3.8) is 0 Å². The van der Waals surface area contributed by atoms with Gasteiger partial charge in [-0.2, -0.15) is 5.26 Å². The highest BCUT2D eigenvalue weighted by atomic mass is 16.4. The molecule has 0 saturated heterocycles. The minimum atomic E-state index is -0.838. The van der Waals surface area contributed by atoms with E-state index in [0.29, 0.717) is 5.92 Å². The van der Waals surface area contributed by atoms with Gasteiger partial charge in [-0.15, -0.1) is 0 Å². The number of carboxylic acid groups (broad SMARTS) is 1. The van der Waals surface area contributed by atoms with Gasteiger partial charge in [0.15, 0.2) is 0 Å². The van der Waals surface area contributed by atoms with Crippen LogP contribution in [0.2, 0.25) is 0 Å². The monoisotopic (exact) mass is 365 g/mol. The van der Waals surface area contributed by atoms with E-state index >= 15 is 0 Å². The minimum absolute atomic E-state index is 0.673. The molecule has 144 valence electrons. The highest BCUT2D eigenvalue weighted by molar-refractivity contribution is 5.79. The molecule has 1 N–H and O–H groups in total. The summed E-state index contributed by atoms with van der Waals surface area (Å²) in [5.41, 5.74) is 2.16. The number of hydrogen-bond acceptors (Lipinski definition) is 2. The second-order valence-corrected chi connectivity index (χ2v) is 8.44. The van der Waals surface area contributed by atoms with Crippen molar-refractivity contribution in [2.75, 3.05) is 0 Å². The van der Waals surface area contributed by atoms with Gasteiger partial charge in [0.25, 0.3) is 0 Å². The number of nitriles is 1. The summed E-state index contributed by atoms with van der Waals surface area (Å²) in [5, 5.41) is 17.6. The van der Waals surface area contributed by atoms with Crippen LogP contribution in [0.3, 0.4) is 0 Å². The first-order valence-corrected chi connectivity index (χ1v) is 10.5. The Hall–Kier alpha value is -2.08. The van der Waals surface area contributed by atoms with E-state index < -0.39 is 5.97 Å². The fourth-order valence-corrected chi connectivity index (χ4v) is 5.22. The lowest BCUT2D eigenvalue weighted by Gasteiger charge is -2.38. The third-order valence-corrected chi connectivity index (χ3v) is 6.84. The maximum absolute atomic E-state index is 10.5. The van der Waals surface area contributed by atoms with Gasteiger partial charge in [-0.1, -0.05) is 31.1 Å². The Balaban J connectivity index is 1.39. The van der Waals surface area contributed by atoms with Gasteiger partial charge in [-0.25, -0.2) is 4.79 Å².